The first-order valence-corrected chi connectivity index (χ1v) is 12.4. The smallest absolute Gasteiger partial charge is 0.122 e. The van der Waals surface area contributed by atoms with E-state index in [2.05, 4.69) is 21.7 Å². The first kappa shape index (κ1) is 25.2. The minimum absolute atomic E-state index is 0.217. The van der Waals surface area contributed by atoms with Crippen LogP contribution in [-0.4, -0.2) is 59.0 Å². The van der Waals surface area contributed by atoms with E-state index in [0.717, 1.165) is 34.5 Å². The minimum atomic E-state index is -0.712. The van der Waals surface area contributed by atoms with Crippen molar-refractivity contribution >= 4 is 11.6 Å². The highest BCUT2D eigenvalue weighted by atomic mass is 35.5. The van der Waals surface area contributed by atoms with Gasteiger partial charge in [-0.05, 0) is 79.1 Å². The molecule has 5 nitrogen and oxygen atoms in total. The molecule has 0 aliphatic heterocycles. The van der Waals surface area contributed by atoms with Crippen molar-refractivity contribution in [2.75, 3.05) is 32.8 Å². The molecular formula is C29H31ClN2O3. The summed E-state index contributed by atoms with van der Waals surface area (Å²) in [5, 5.41) is 19.7. The van der Waals surface area contributed by atoms with E-state index in [0.29, 0.717) is 36.3 Å². The molecule has 0 amide bonds. The van der Waals surface area contributed by atoms with Gasteiger partial charge < -0.3 is 14.9 Å². The third kappa shape index (κ3) is 7.81. The summed E-state index contributed by atoms with van der Waals surface area (Å²) < 4.78 is 6.01. The molecule has 3 aromatic rings. The molecule has 1 saturated carbocycles. The molecule has 35 heavy (non-hydrogen) atoms. The zero-order valence-electron chi connectivity index (χ0n) is 20.0. The number of hydrogen-bond acceptors (Lipinski definition) is 5. The molecule has 4 rings (SSSR count). The fourth-order valence-corrected chi connectivity index (χ4v) is 4.00. The summed E-state index contributed by atoms with van der Waals surface area (Å²) in [6, 6.07) is 17.5. The lowest BCUT2D eigenvalue weighted by atomic mass is 10.1. The number of aryl methyl sites for hydroxylation is 1. The minimum Gasteiger partial charge on any atom is -0.492 e. The number of halogens is 1. The highest BCUT2D eigenvalue weighted by molar-refractivity contribution is 6.30. The van der Waals surface area contributed by atoms with Crippen LogP contribution < -0.4 is 4.74 Å². The Morgan fingerprint density at radius 2 is 1.86 bits per heavy atom. The number of hydrogen-bond donors (Lipinski definition) is 2. The molecule has 1 atom stereocenters. The van der Waals surface area contributed by atoms with Crippen LogP contribution in [0.5, 0.6) is 5.75 Å². The van der Waals surface area contributed by atoms with Gasteiger partial charge in [-0.15, -0.1) is 0 Å². The van der Waals surface area contributed by atoms with Gasteiger partial charge in [0.15, 0.2) is 0 Å². The van der Waals surface area contributed by atoms with Crippen LogP contribution in [0.4, 0.5) is 0 Å². The van der Waals surface area contributed by atoms with Gasteiger partial charge in [0.05, 0.1) is 12.7 Å². The van der Waals surface area contributed by atoms with Crippen molar-refractivity contribution < 1.29 is 14.9 Å². The maximum absolute atomic E-state index is 9.81. The van der Waals surface area contributed by atoms with Gasteiger partial charge in [0.2, 0.25) is 0 Å². The molecule has 0 saturated heterocycles. The number of aromatic nitrogens is 1. The summed E-state index contributed by atoms with van der Waals surface area (Å²) in [5.41, 5.74) is 4.72. The topological polar surface area (TPSA) is 65.8 Å². The van der Waals surface area contributed by atoms with Gasteiger partial charge in [0, 0.05) is 42.0 Å². The second-order valence-electron chi connectivity index (χ2n) is 9.06. The van der Waals surface area contributed by atoms with Gasteiger partial charge in [-0.3, -0.25) is 4.90 Å². The maximum atomic E-state index is 9.81. The fourth-order valence-electron chi connectivity index (χ4n) is 3.87. The van der Waals surface area contributed by atoms with E-state index in [1.54, 1.807) is 0 Å². The van der Waals surface area contributed by atoms with Crippen LogP contribution >= 0.6 is 11.6 Å². The first-order valence-electron chi connectivity index (χ1n) is 12.0. The van der Waals surface area contributed by atoms with Gasteiger partial charge in [0.25, 0.3) is 0 Å². The second-order valence-corrected chi connectivity index (χ2v) is 9.49. The molecule has 182 valence electrons. The molecule has 0 radical (unpaired) electrons. The SMILES string of the molecule is Cc1cc(C#Cc2ccc(-c3ccc(Cl)cc3)cn2)ccc1OCCN(CC1CC1)C[C@@H](O)CO. The number of pyridine rings is 1. The van der Waals surface area contributed by atoms with E-state index in [1.165, 1.54) is 12.8 Å². The molecule has 1 aliphatic rings. The number of nitrogens with zero attached hydrogens (tertiary/aromatic N) is 2. The van der Waals surface area contributed by atoms with Gasteiger partial charge in [0.1, 0.15) is 18.1 Å². The Morgan fingerprint density at radius 3 is 2.51 bits per heavy atom. The summed E-state index contributed by atoms with van der Waals surface area (Å²) in [6.07, 6.45) is 3.60. The van der Waals surface area contributed by atoms with Gasteiger partial charge in [-0.1, -0.05) is 35.7 Å². The quantitative estimate of drug-likeness (QED) is 0.408. The van der Waals surface area contributed by atoms with Crippen molar-refractivity contribution in [3.63, 3.8) is 0 Å². The lowest BCUT2D eigenvalue weighted by Crippen LogP contribution is -2.38. The molecule has 1 aliphatic carbocycles. The van der Waals surface area contributed by atoms with E-state index in [-0.39, 0.29) is 6.61 Å². The van der Waals surface area contributed by atoms with Crippen molar-refractivity contribution in [1.82, 2.24) is 9.88 Å². The number of aliphatic hydroxyl groups is 2. The number of benzene rings is 2. The predicted octanol–water partition coefficient (Wildman–Crippen LogP) is 4.55. The summed E-state index contributed by atoms with van der Waals surface area (Å²) >= 11 is 5.96. The maximum Gasteiger partial charge on any atom is 0.122 e. The fraction of sp³-hybridized carbons (Fsp3) is 0.345. The molecule has 1 heterocycles. The monoisotopic (exact) mass is 490 g/mol. The first-order chi connectivity index (χ1) is 17.0. The Balaban J connectivity index is 1.32. The number of ether oxygens (including phenoxy) is 1. The lowest BCUT2D eigenvalue weighted by molar-refractivity contribution is 0.0533. The summed E-state index contributed by atoms with van der Waals surface area (Å²) in [6.45, 7) is 4.46. The normalized spacial score (nSPS) is 13.9. The van der Waals surface area contributed by atoms with E-state index < -0.39 is 6.10 Å². The standard InChI is InChI=1S/C29H31ClN2O3/c1-21-16-22(4-11-27-12-8-25(17-31-27)24-6-9-26(30)10-7-24)5-13-29(21)35-15-14-32(18-23-2-3-23)19-28(34)20-33/h5-10,12-13,16-17,23,28,33-34H,2-3,14-15,18-20H2,1H3/t28-/m1/s1. The Hall–Kier alpha value is -2.88. The summed E-state index contributed by atoms with van der Waals surface area (Å²) in [7, 11) is 0. The average molecular weight is 491 g/mol. The highest BCUT2D eigenvalue weighted by Gasteiger charge is 2.25. The van der Waals surface area contributed by atoms with Gasteiger partial charge >= 0.3 is 0 Å². The molecule has 2 aromatic carbocycles. The van der Waals surface area contributed by atoms with Crippen LogP contribution in [0.3, 0.4) is 0 Å². The van der Waals surface area contributed by atoms with E-state index in [1.807, 2.05) is 67.7 Å². The second kappa shape index (κ2) is 12.2. The van der Waals surface area contributed by atoms with Crippen LogP contribution in [0.2, 0.25) is 5.02 Å². The molecular weight excluding hydrogens is 460 g/mol. The lowest BCUT2D eigenvalue weighted by Gasteiger charge is -2.24. The molecule has 1 aromatic heterocycles. The van der Waals surface area contributed by atoms with Crippen LogP contribution in [-0.2, 0) is 0 Å². The van der Waals surface area contributed by atoms with Gasteiger partial charge in [-0.2, -0.15) is 0 Å². The molecule has 0 spiro atoms. The zero-order valence-corrected chi connectivity index (χ0v) is 20.7. The molecule has 2 N–H and O–H groups in total. The molecule has 1 fully saturated rings. The Kier molecular flexibility index (Phi) is 8.79. The van der Waals surface area contributed by atoms with Crippen molar-refractivity contribution in [2.24, 2.45) is 5.92 Å². The summed E-state index contributed by atoms with van der Waals surface area (Å²) in [4.78, 5) is 6.65. The molecule has 0 bridgehead atoms. The molecule has 0 unspecified atom stereocenters. The third-order valence-corrected chi connectivity index (χ3v) is 6.26. The summed E-state index contributed by atoms with van der Waals surface area (Å²) in [5.74, 6) is 7.85. The van der Waals surface area contributed by atoms with Crippen molar-refractivity contribution in [1.29, 1.82) is 0 Å². The highest BCUT2D eigenvalue weighted by Crippen LogP contribution is 2.29. The van der Waals surface area contributed by atoms with Crippen molar-refractivity contribution in [2.45, 2.75) is 25.9 Å². The Bertz CT molecular complexity index is 1170. The number of aliphatic hydroxyl groups excluding tert-OH is 2. The predicted molar refractivity (Wildman–Crippen MR) is 140 cm³/mol. The van der Waals surface area contributed by atoms with Crippen LogP contribution in [0.1, 0.15) is 29.7 Å². The van der Waals surface area contributed by atoms with Crippen LogP contribution in [0, 0.1) is 24.7 Å². The average Bonchev–Trinajstić information content (AvgIpc) is 3.68. The van der Waals surface area contributed by atoms with Gasteiger partial charge in [-0.25, -0.2) is 4.98 Å². The Labute approximate surface area is 212 Å². The van der Waals surface area contributed by atoms with E-state index in [4.69, 9.17) is 21.4 Å². The van der Waals surface area contributed by atoms with E-state index in [9.17, 15) is 5.11 Å². The van der Waals surface area contributed by atoms with Crippen molar-refractivity contribution in [3.05, 3.63) is 82.6 Å². The Morgan fingerprint density at radius 1 is 1.09 bits per heavy atom. The largest absolute Gasteiger partial charge is 0.492 e. The van der Waals surface area contributed by atoms with Crippen molar-refractivity contribution in [3.8, 4) is 28.7 Å². The third-order valence-electron chi connectivity index (χ3n) is 6.01. The number of rotatable bonds is 10. The van der Waals surface area contributed by atoms with E-state index >= 15 is 0 Å². The molecule has 6 heteroatoms. The zero-order chi connectivity index (χ0) is 24.6. The van der Waals surface area contributed by atoms with Crippen LogP contribution in [0.15, 0.2) is 60.8 Å². The van der Waals surface area contributed by atoms with Crippen LogP contribution in [0.25, 0.3) is 11.1 Å².